The Balaban J connectivity index is 1.76. The van der Waals surface area contributed by atoms with Crippen molar-refractivity contribution in [3.63, 3.8) is 0 Å². The summed E-state index contributed by atoms with van der Waals surface area (Å²) >= 11 is 6.46. The fraction of sp³-hybridized carbons (Fsp3) is 0.0400. The smallest absolute Gasteiger partial charge is 0.256 e. The Morgan fingerprint density at radius 2 is 1.47 bits per heavy atom. The van der Waals surface area contributed by atoms with Gasteiger partial charge in [0.15, 0.2) is 28.3 Å². The van der Waals surface area contributed by atoms with Gasteiger partial charge in [-0.15, -0.1) is 0 Å². The molecule has 0 aliphatic heterocycles. The summed E-state index contributed by atoms with van der Waals surface area (Å²) < 4.78 is 39.5. The zero-order chi connectivity index (χ0) is 24.0. The molecule has 0 amide bonds. The van der Waals surface area contributed by atoms with E-state index in [4.69, 9.17) is 21.1 Å². The molecule has 1 N–H and O–H groups in total. The summed E-state index contributed by atoms with van der Waals surface area (Å²) in [4.78, 5) is 8.73. The number of ether oxygens (including phenoxy) is 2. The highest BCUT2D eigenvalue weighted by molar-refractivity contribution is 7.95. The first-order chi connectivity index (χ1) is 16.4. The summed E-state index contributed by atoms with van der Waals surface area (Å²) in [5.74, 6) is 0.833. The topological polar surface area (TPSA) is 90.4 Å². The number of anilines is 1. The Kier molecular flexibility index (Phi) is 7.10. The lowest BCUT2D eigenvalue weighted by Crippen LogP contribution is -2.12. The average Bonchev–Trinajstić information content (AvgIpc) is 2.86. The van der Waals surface area contributed by atoms with Gasteiger partial charge in [0.1, 0.15) is 0 Å². The number of sulfonamides is 1. The molecule has 0 aliphatic rings. The molecule has 0 aliphatic carbocycles. The van der Waals surface area contributed by atoms with Crippen molar-refractivity contribution >= 4 is 33.5 Å². The van der Waals surface area contributed by atoms with Crippen LogP contribution in [0.5, 0.6) is 17.2 Å². The van der Waals surface area contributed by atoms with Gasteiger partial charge in [-0.25, -0.2) is 18.4 Å². The van der Waals surface area contributed by atoms with Gasteiger partial charge in [0, 0.05) is 5.56 Å². The van der Waals surface area contributed by atoms with Crippen LogP contribution in [0.4, 0.5) is 5.82 Å². The van der Waals surface area contributed by atoms with E-state index in [0.717, 1.165) is 11.0 Å². The third kappa shape index (κ3) is 5.72. The maximum absolute atomic E-state index is 12.9. The van der Waals surface area contributed by atoms with Crippen molar-refractivity contribution in [3.05, 3.63) is 101 Å². The van der Waals surface area contributed by atoms with Crippen molar-refractivity contribution in [1.82, 2.24) is 9.97 Å². The molecule has 3 aromatic carbocycles. The van der Waals surface area contributed by atoms with E-state index in [0.29, 0.717) is 17.1 Å². The zero-order valence-electron chi connectivity index (χ0n) is 18.1. The van der Waals surface area contributed by atoms with Gasteiger partial charge in [-0.05, 0) is 23.8 Å². The second kappa shape index (κ2) is 10.4. The average molecular weight is 494 g/mol. The normalized spacial score (nSPS) is 11.4. The van der Waals surface area contributed by atoms with Crippen molar-refractivity contribution in [2.75, 3.05) is 11.8 Å². The molecule has 0 spiro atoms. The minimum absolute atomic E-state index is 0.0532. The van der Waals surface area contributed by atoms with Crippen molar-refractivity contribution in [2.24, 2.45) is 0 Å². The Morgan fingerprint density at radius 1 is 0.853 bits per heavy atom. The highest BCUT2D eigenvalue weighted by atomic mass is 35.5. The lowest BCUT2D eigenvalue weighted by atomic mass is 10.2. The summed E-state index contributed by atoms with van der Waals surface area (Å²) in [6.07, 6.45) is 1.48. The molecule has 0 saturated carbocycles. The molecule has 172 valence electrons. The summed E-state index contributed by atoms with van der Waals surface area (Å²) in [6, 6.07) is 25.0. The van der Waals surface area contributed by atoms with Gasteiger partial charge in [0.2, 0.25) is 5.75 Å². The Morgan fingerprint density at radius 3 is 2.15 bits per heavy atom. The molecule has 34 heavy (non-hydrogen) atoms. The molecule has 7 nitrogen and oxygen atoms in total. The second-order valence-electron chi connectivity index (χ2n) is 7.00. The third-order valence-corrected chi connectivity index (χ3v) is 5.84. The van der Waals surface area contributed by atoms with Crippen molar-refractivity contribution < 1.29 is 17.9 Å². The molecule has 4 rings (SSSR count). The number of rotatable bonds is 8. The largest absolute Gasteiger partial charge is 0.493 e. The van der Waals surface area contributed by atoms with Gasteiger partial charge in [0.05, 0.1) is 12.5 Å². The minimum atomic E-state index is -3.97. The fourth-order valence-corrected chi connectivity index (χ4v) is 4.03. The molecular formula is C25H20ClN3O4S. The molecule has 0 unspecified atom stereocenters. The highest BCUT2D eigenvalue weighted by Gasteiger charge is 2.21. The molecule has 0 fully saturated rings. The number of para-hydroxylation sites is 2. The van der Waals surface area contributed by atoms with Gasteiger partial charge in [-0.3, -0.25) is 4.72 Å². The molecule has 0 bridgehead atoms. The standard InChI is InChI=1S/C25H20ClN3O4S/c1-32-20-14-8-9-15-21(20)33-22-23(26)27-24(19-12-6-3-7-13-19)28-25(22)29-34(30,31)17-16-18-10-4-2-5-11-18/h2-17H,1H3,(H,27,28,29). The summed E-state index contributed by atoms with van der Waals surface area (Å²) in [5, 5.41) is 0.984. The number of methoxy groups -OCH3 is 1. The predicted octanol–water partition coefficient (Wildman–Crippen LogP) is 6.01. The third-order valence-electron chi connectivity index (χ3n) is 4.62. The lowest BCUT2D eigenvalue weighted by molar-refractivity contribution is 0.378. The van der Waals surface area contributed by atoms with Gasteiger partial charge in [-0.1, -0.05) is 84.4 Å². The van der Waals surface area contributed by atoms with Crippen molar-refractivity contribution in [3.8, 4) is 28.6 Å². The number of hydrogen-bond acceptors (Lipinski definition) is 6. The fourth-order valence-electron chi connectivity index (χ4n) is 3.01. The van der Waals surface area contributed by atoms with E-state index in [1.54, 1.807) is 48.5 Å². The second-order valence-corrected chi connectivity index (χ2v) is 8.92. The quantitative estimate of drug-likeness (QED) is 0.302. The van der Waals surface area contributed by atoms with Crippen molar-refractivity contribution in [1.29, 1.82) is 0 Å². The first-order valence-corrected chi connectivity index (χ1v) is 12.1. The van der Waals surface area contributed by atoms with E-state index in [2.05, 4.69) is 14.7 Å². The predicted molar refractivity (Wildman–Crippen MR) is 134 cm³/mol. The van der Waals surface area contributed by atoms with Crippen LogP contribution in [0.3, 0.4) is 0 Å². The molecule has 4 aromatic rings. The molecule has 9 heteroatoms. The summed E-state index contributed by atoms with van der Waals surface area (Å²) in [5.41, 5.74) is 1.39. The highest BCUT2D eigenvalue weighted by Crippen LogP contribution is 2.39. The zero-order valence-corrected chi connectivity index (χ0v) is 19.6. The van der Waals surface area contributed by atoms with E-state index in [9.17, 15) is 8.42 Å². The number of halogens is 1. The van der Waals surface area contributed by atoms with Crippen molar-refractivity contribution in [2.45, 2.75) is 0 Å². The minimum Gasteiger partial charge on any atom is -0.493 e. The molecule has 1 aromatic heterocycles. The van der Waals surface area contributed by atoms with Gasteiger partial charge in [-0.2, -0.15) is 0 Å². The number of hydrogen-bond donors (Lipinski definition) is 1. The number of nitrogens with one attached hydrogen (secondary N) is 1. The van der Waals surface area contributed by atoms with Crippen LogP contribution in [0.15, 0.2) is 90.3 Å². The van der Waals surface area contributed by atoms with Crippen LogP contribution in [-0.4, -0.2) is 25.5 Å². The van der Waals surface area contributed by atoms with Crippen LogP contribution in [0.25, 0.3) is 17.5 Å². The number of benzene rings is 3. The van der Waals surface area contributed by atoms with E-state index in [-0.39, 0.29) is 22.5 Å². The molecule has 0 radical (unpaired) electrons. The first-order valence-electron chi connectivity index (χ1n) is 10.1. The van der Waals surface area contributed by atoms with E-state index in [1.165, 1.54) is 13.2 Å². The van der Waals surface area contributed by atoms with E-state index >= 15 is 0 Å². The number of aromatic nitrogens is 2. The van der Waals surface area contributed by atoms with Crippen LogP contribution in [0.1, 0.15) is 5.56 Å². The first kappa shape index (κ1) is 23.3. The van der Waals surface area contributed by atoms with Crippen LogP contribution in [0, 0.1) is 0 Å². The SMILES string of the molecule is COc1ccccc1Oc1c(Cl)nc(-c2ccccc2)nc1NS(=O)(=O)C=Cc1ccccc1. The van der Waals surface area contributed by atoms with Crippen LogP contribution in [0.2, 0.25) is 5.15 Å². The van der Waals surface area contributed by atoms with Gasteiger partial charge in [0.25, 0.3) is 10.0 Å². The van der Waals surface area contributed by atoms with Gasteiger partial charge < -0.3 is 9.47 Å². The summed E-state index contributed by atoms with van der Waals surface area (Å²) in [6.45, 7) is 0. The van der Waals surface area contributed by atoms with Crippen LogP contribution < -0.4 is 14.2 Å². The van der Waals surface area contributed by atoms with E-state index in [1.807, 2.05) is 36.4 Å². The molecule has 0 saturated heterocycles. The maximum atomic E-state index is 12.9. The summed E-state index contributed by atoms with van der Waals surface area (Å²) in [7, 11) is -2.47. The van der Waals surface area contributed by atoms with Crippen LogP contribution >= 0.6 is 11.6 Å². The molecular weight excluding hydrogens is 474 g/mol. The molecule has 1 heterocycles. The number of nitrogens with zero attached hydrogens (tertiary/aromatic N) is 2. The maximum Gasteiger partial charge on any atom is 0.256 e. The monoisotopic (exact) mass is 493 g/mol. The van der Waals surface area contributed by atoms with E-state index < -0.39 is 10.0 Å². The van der Waals surface area contributed by atoms with Gasteiger partial charge >= 0.3 is 0 Å². The Labute approximate surface area is 202 Å². The lowest BCUT2D eigenvalue weighted by Gasteiger charge is -2.15. The Bertz CT molecular complexity index is 1410. The molecule has 0 atom stereocenters. The van der Waals surface area contributed by atoms with Crippen LogP contribution in [-0.2, 0) is 10.0 Å². The Hall–Kier alpha value is -3.88.